The number of rotatable bonds is 6. The number of sulfonamides is 1. The second kappa shape index (κ2) is 7.81. The van der Waals surface area contributed by atoms with Crippen molar-refractivity contribution in [1.82, 2.24) is 9.29 Å². The normalized spacial score (nSPS) is 12.3. The fraction of sp³-hybridized carbons (Fsp3) is 0.211. The van der Waals surface area contributed by atoms with E-state index in [-0.39, 0.29) is 10.6 Å². The van der Waals surface area contributed by atoms with Crippen LogP contribution >= 0.6 is 0 Å². The number of aromatic hydroxyl groups is 1. The average Bonchev–Trinajstić information content (AvgIpc) is 2.69. The monoisotopic (exact) mass is 384 g/mol. The van der Waals surface area contributed by atoms with Crippen molar-refractivity contribution in [3.05, 3.63) is 54.7 Å². The molecule has 0 aliphatic heterocycles. The Kier molecular flexibility index (Phi) is 5.48. The number of hydrogen-bond donors (Lipinski definition) is 1. The summed E-state index contributed by atoms with van der Waals surface area (Å²) >= 11 is 0. The Hall–Kier alpha value is -2.84. The molecule has 0 amide bonds. The number of hydrogen-bond acceptors (Lipinski definition) is 6. The van der Waals surface area contributed by atoms with Gasteiger partial charge in [-0.25, -0.2) is 8.42 Å². The quantitative estimate of drug-likeness (QED) is 0.638. The van der Waals surface area contributed by atoms with Gasteiger partial charge in [0.25, 0.3) is 0 Å². The molecule has 3 rings (SSSR count). The van der Waals surface area contributed by atoms with Crippen LogP contribution < -0.4 is 0 Å². The Bertz CT molecular complexity index is 1080. The predicted octanol–water partition coefficient (Wildman–Crippen LogP) is 4.39. The summed E-state index contributed by atoms with van der Waals surface area (Å²) in [5.41, 5.74) is 1.58. The molecule has 0 radical (unpaired) electrons. The number of phenolic OH excluding ortho intramolecular Hbond substituents is 1. The van der Waals surface area contributed by atoms with Crippen molar-refractivity contribution in [3.8, 4) is 5.75 Å². The molecular weight excluding hydrogens is 364 g/mol. The summed E-state index contributed by atoms with van der Waals surface area (Å²) in [7, 11) is -3.50. The maximum absolute atomic E-state index is 12.5. The summed E-state index contributed by atoms with van der Waals surface area (Å²) in [4.78, 5) is 4.46. The first-order valence-corrected chi connectivity index (χ1v) is 10.00. The number of phenols is 1. The Balaban J connectivity index is 1.89. The summed E-state index contributed by atoms with van der Waals surface area (Å²) in [6.07, 6.45) is 1.62. The lowest BCUT2D eigenvalue weighted by molar-refractivity contribution is 0.445. The van der Waals surface area contributed by atoms with E-state index in [2.05, 4.69) is 15.2 Å². The van der Waals surface area contributed by atoms with Gasteiger partial charge < -0.3 is 5.11 Å². The fourth-order valence-electron chi connectivity index (χ4n) is 2.73. The zero-order valence-electron chi connectivity index (χ0n) is 15.1. The van der Waals surface area contributed by atoms with Crippen LogP contribution in [-0.4, -0.2) is 35.9 Å². The molecule has 0 atom stereocenters. The van der Waals surface area contributed by atoms with E-state index in [1.807, 2.05) is 0 Å². The van der Waals surface area contributed by atoms with Gasteiger partial charge in [0.2, 0.25) is 10.0 Å². The largest absolute Gasteiger partial charge is 0.507 e. The van der Waals surface area contributed by atoms with E-state index in [9.17, 15) is 13.5 Å². The van der Waals surface area contributed by atoms with Gasteiger partial charge in [-0.15, -0.1) is 5.11 Å². The minimum Gasteiger partial charge on any atom is -0.507 e. The van der Waals surface area contributed by atoms with Crippen LogP contribution in [0, 0.1) is 0 Å². The highest BCUT2D eigenvalue weighted by atomic mass is 32.2. The number of aromatic nitrogens is 1. The van der Waals surface area contributed by atoms with Crippen molar-refractivity contribution < 1.29 is 13.5 Å². The second-order valence-electron chi connectivity index (χ2n) is 5.79. The summed E-state index contributed by atoms with van der Waals surface area (Å²) < 4.78 is 26.4. The van der Waals surface area contributed by atoms with Gasteiger partial charge in [-0.3, -0.25) is 4.98 Å². The molecule has 27 heavy (non-hydrogen) atoms. The zero-order valence-corrected chi connectivity index (χ0v) is 15.9. The van der Waals surface area contributed by atoms with Crippen LogP contribution in [0.15, 0.2) is 69.9 Å². The maximum atomic E-state index is 12.5. The van der Waals surface area contributed by atoms with Crippen LogP contribution in [0.3, 0.4) is 0 Å². The lowest BCUT2D eigenvalue weighted by Crippen LogP contribution is -2.30. The number of fused-ring (bicyclic) bond motifs is 1. The third-order valence-corrected chi connectivity index (χ3v) is 6.24. The van der Waals surface area contributed by atoms with Crippen molar-refractivity contribution in [2.24, 2.45) is 10.2 Å². The summed E-state index contributed by atoms with van der Waals surface area (Å²) in [6.45, 7) is 4.45. The molecule has 140 valence electrons. The molecule has 0 saturated heterocycles. The van der Waals surface area contributed by atoms with Crippen molar-refractivity contribution in [2.75, 3.05) is 13.1 Å². The third kappa shape index (κ3) is 3.81. The molecule has 1 heterocycles. The minimum atomic E-state index is -3.50. The highest BCUT2D eigenvalue weighted by Gasteiger charge is 2.21. The summed E-state index contributed by atoms with van der Waals surface area (Å²) in [5, 5.41) is 18.8. The average molecular weight is 384 g/mol. The molecule has 0 aliphatic carbocycles. The molecule has 0 bridgehead atoms. The molecule has 0 unspecified atom stereocenters. The van der Waals surface area contributed by atoms with Crippen LogP contribution in [0.2, 0.25) is 0 Å². The lowest BCUT2D eigenvalue weighted by Gasteiger charge is -2.18. The van der Waals surface area contributed by atoms with Crippen LogP contribution in [0.5, 0.6) is 5.75 Å². The van der Waals surface area contributed by atoms with E-state index >= 15 is 0 Å². The fourth-order valence-corrected chi connectivity index (χ4v) is 4.19. The molecule has 1 N–H and O–H groups in total. The standard InChI is InChI=1S/C19H20N4O3S/c1-3-23(4-2)27(25,26)15-9-7-14(8-10-15)21-22-17-11-12-18(24)16-6-5-13-20-19(16)17/h5-13,24H,3-4H2,1-2H3. The van der Waals surface area contributed by atoms with Gasteiger partial charge in [0, 0.05) is 24.7 Å². The van der Waals surface area contributed by atoms with Crippen molar-refractivity contribution in [3.63, 3.8) is 0 Å². The van der Waals surface area contributed by atoms with E-state index in [4.69, 9.17) is 0 Å². The van der Waals surface area contributed by atoms with Gasteiger partial charge in [0.15, 0.2) is 0 Å². The molecule has 7 nitrogen and oxygen atoms in total. The van der Waals surface area contributed by atoms with Gasteiger partial charge in [0.05, 0.1) is 10.6 Å². The second-order valence-corrected chi connectivity index (χ2v) is 7.72. The molecule has 3 aromatic rings. The first kappa shape index (κ1) is 18.9. The topological polar surface area (TPSA) is 95.2 Å². The first-order chi connectivity index (χ1) is 13.0. The molecule has 8 heteroatoms. The highest BCUT2D eigenvalue weighted by molar-refractivity contribution is 7.89. The number of nitrogens with zero attached hydrogens (tertiary/aromatic N) is 4. The molecule has 0 fully saturated rings. The van der Waals surface area contributed by atoms with Crippen LogP contribution in [0.25, 0.3) is 10.9 Å². The first-order valence-electron chi connectivity index (χ1n) is 8.56. The lowest BCUT2D eigenvalue weighted by atomic mass is 10.2. The smallest absolute Gasteiger partial charge is 0.243 e. The highest BCUT2D eigenvalue weighted by Crippen LogP contribution is 2.32. The third-order valence-electron chi connectivity index (χ3n) is 4.18. The van der Waals surface area contributed by atoms with E-state index in [0.717, 1.165) is 0 Å². The Morgan fingerprint density at radius 1 is 1.00 bits per heavy atom. The van der Waals surface area contributed by atoms with Gasteiger partial charge in [-0.05, 0) is 48.5 Å². The van der Waals surface area contributed by atoms with Gasteiger partial charge >= 0.3 is 0 Å². The molecule has 2 aromatic carbocycles. The zero-order chi connectivity index (χ0) is 19.4. The number of benzene rings is 2. The molecule has 1 aromatic heterocycles. The summed E-state index contributed by atoms with van der Waals surface area (Å²) in [5.74, 6) is 0.128. The number of pyridine rings is 1. The van der Waals surface area contributed by atoms with E-state index in [1.165, 1.54) is 22.5 Å². The van der Waals surface area contributed by atoms with Gasteiger partial charge in [-0.2, -0.15) is 9.42 Å². The number of azo groups is 1. The maximum Gasteiger partial charge on any atom is 0.243 e. The van der Waals surface area contributed by atoms with Gasteiger partial charge in [-0.1, -0.05) is 13.8 Å². The van der Waals surface area contributed by atoms with Crippen LogP contribution in [0.1, 0.15) is 13.8 Å². The Morgan fingerprint density at radius 2 is 1.70 bits per heavy atom. The molecule has 0 aliphatic rings. The Labute approximate surface area is 158 Å². The van der Waals surface area contributed by atoms with E-state index in [0.29, 0.717) is 35.4 Å². The van der Waals surface area contributed by atoms with Gasteiger partial charge in [0.1, 0.15) is 17.0 Å². The predicted molar refractivity (Wildman–Crippen MR) is 104 cm³/mol. The van der Waals surface area contributed by atoms with E-state index < -0.39 is 10.0 Å². The van der Waals surface area contributed by atoms with Crippen LogP contribution in [0.4, 0.5) is 11.4 Å². The van der Waals surface area contributed by atoms with Crippen molar-refractivity contribution >= 4 is 32.3 Å². The molecule has 0 saturated carbocycles. The van der Waals surface area contributed by atoms with Crippen LogP contribution in [-0.2, 0) is 10.0 Å². The van der Waals surface area contributed by atoms with E-state index in [1.54, 1.807) is 50.4 Å². The van der Waals surface area contributed by atoms with Crippen molar-refractivity contribution in [1.29, 1.82) is 0 Å². The summed E-state index contributed by atoms with van der Waals surface area (Å²) in [6, 6.07) is 12.9. The molecular formula is C19H20N4O3S. The minimum absolute atomic E-state index is 0.128. The SMILES string of the molecule is CCN(CC)S(=O)(=O)c1ccc(N=Nc2ccc(O)c3cccnc23)cc1. The van der Waals surface area contributed by atoms with Crippen molar-refractivity contribution in [2.45, 2.75) is 18.7 Å². The Morgan fingerprint density at radius 3 is 2.37 bits per heavy atom. The molecule has 0 spiro atoms.